The highest BCUT2D eigenvalue weighted by Gasteiger charge is 2.30. The number of furan rings is 1. The molecule has 1 aromatic heterocycles. The number of ether oxygens (including phenoxy) is 1. The van der Waals surface area contributed by atoms with E-state index in [1.165, 1.54) is 24.3 Å². The van der Waals surface area contributed by atoms with Crippen LogP contribution in [0.15, 0.2) is 40.8 Å². The molecule has 108 valence electrons. The second kappa shape index (κ2) is 6.13. The lowest BCUT2D eigenvalue weighted by atomic mass is 10.3. The van der Waals surface area contributed by atoms with Crippen molar-refractivity contribution in [3.05, 3.63) is 42.2 Å². The van der Waals surface area contributed by atoms with Crippen LogP contribution in [-0.2, 0) is 5.75 Å². The zero-order valence-electron chi connectivity index (χ0n) is 10.5. The summed E-state index contributed by atoms with van der Waals surface area (Å²) < 4.78 is 45.3. The van der Waals surface area contributed by atoms with Crippen LogP contribution in [0.5, 0.6) is 5.75 Å². The van der Waals surface area contributed by atoms with Gasteiger partial charge in [0.15, 0.2) is 5.88 Å². The number of anilines is 2. The molecule has 0 amide bonds. The predicted molar refractivity (Wildman–Crippen MR) is 72.3 cm³/mol. The second-order valence-electron chi connectivity index (χ2n) is 3.90. The van der Waals surface area contributed by atoms with E-state index in [1.807, 2.05) is 12.3 Å². The molecule has 0 radical (unpaired) electrons. The first kappa shape index (κ1) is 14.6. The Labute approximate surface area is 118 Å². The molecule has 0 fully saturated rings. The van der Waals surface area contributed by atoms with E-state index in [0.29, 0.717) is 11.6 Å². The average molecular weight is 303 g/mol. The minimum atomic E-state index is -4.68. The number of hydrogen-bond acceptors (Lipinski definition) is 4. The number of halogens is 3. The minimum absolute atomic E-state index is 0.259. The van der Waals surface area contributed by atoms with Gasteiger partial charge >= 0.3 is 6.36 Å². The van der Waals surface area contributed by atoms with E-state index >= 15 is 0 Å². The van der Waals surface area contributed by atoms with Crippen LogP contribution in [0.3, 0.4) is 0 Å². The molecule has 0 spiro atoms. The van der Waals surface area contributed by atoms with Gasteiger partial charge in [0.1, 0.15) is 11.5 Å². The van der Waals surface area contributed by atoms with Crippen molar-refractivity contribution in [2.75, 3.05) is 11.6 Å². The fourth-order valence-electron chi connectivity index (χ4n) is 1.55. The van der Waals surface area contributed by atoms with Gasteiger partial charge in [-0.05, 0) is 36.6 Å². The number of thioether (sulfide) groups is 1. The van der Waals surface area contributed by atoms with Crippen LogP contribution < -0.4 is 10.1 Å². The van der Waals surface area contributed by atoms with Crippen molar-refractivity contribution < 1.29 is 22.3 Å². The van der Waals surface area contributed by atoms with Crippen LogP contribution in [-0.4, -0.2) is 12.6 Å². The lowest BCUT2D eigenvalue weighted by Gasteiger charge is -2.09. The maximum Gasteiger partial charge on any atom is 0.573 e. The van der Waals surface area contributed by atoms with E-state index in [4.69, 9.17) is 4.42 Å². The Morgan fingerprint density at radius 3 is 2.45 bits per heavy atom. The van der Waals surface area contributed by atoms with Crippen LogP contribution in [0.1, 0.15) is 5.76 Å². The molecular formula is C13H12F3NO2S. The Balaban J connectivity index is 1.99. The molecule has 0 saturated heterocycles. The van der Waals surface area contributed by atoms with Crippen molar-refractivity contribution >= 4 is 23.3 Å². The summed E-state index contributed by atoms with van der Waals surface area (Å²) in [7, 11) is 0. The molecule has 2 rings (SSSR count). The van der Waals surface area contributed by atoms with Gasteiger partial charge in [0.05, 0.1) is 5.75 Å². The molecule has 0 aliphatic carbocycles. The highest BCUT2D eigenvalue weighted by Crippen LogP contribution is 2.26. The molecule has 20 heavy (non-hydrogen) atoms. The number of hydrogen-bond donors (Lipinski definition) is 1. The fraction of sp³-hybridized carbons (Fsp3) is 0.231. The highest BCUT2D eigenvalue weighted by molar-refractivity contribution is 7.97. The molecule has 0 aliphatic rings. The molecule has 7 heteroatoms. The van der Waals surface area contributed by atoms with Gasteiger partial charge in [-0.2, -0.15) is 11.8 Å². The van der Waals surface area contributed by atoms with Gasteiger partial charge in [-0.1, -0.05) is 0 Å². The first-order valence-corrected chi connectivity index (χ1v) is 7.06. The quantitative estimate of drug-likeness (QED) is 0.861. The van der Waals surface area contributed by atoms with Crippen molar-refractivity contribution in [3.63, 3.8) is 0 Å². The predicted octanol–water partition coefficient (Wildman–Crippen LogP) is 4.78. The van der Waals surface area contributed by atoms with Gasteiger partial charge < -0.3 is 14.5 Å². The van der Waals surface area contributed by atoms with E-state index in [9.17, 15) is 13.2 Å². The van der Waals surface area contributed by atoms with Gasteiger partial charge in [0.2, 0.25) is 0 Å². The third-order valence-electron chi connectivity index (χ3n) is 2.30. The summed E-state index contributed by atoms with van der Waals surface area (Å²) in [6, 6.07) is 9.06. The van der Waals surface area contributed by atoms with Gasteiger partial charge in [-0.25, -0.2) is 0 Å². The van der Waals surface area contributed by atoms with E-state index in [0.717, 1.165) is 11.5 Å². The van der Waals surface area contributed by atoms with Crippen LogP contribution >= 0.6 is 11.8 Å². The monoisotopic (exact) mass is 303 g/mol. The van der Waals surface area contributed by atoms with Crippen molar-refractivity contribution in [2.24, 2.45) is 0 Å². The molecule has 2 aromatic rings. The van der Waals surface area contributed by atoms with Gasteiger partial charge in [0, 0.05) is 11.8 Å². The van der Waals surface area contributed by atoms with Crippen molar-refractivity contribution in [3.8, 4) is 5.75 Å². The first-order chi connectivity index (χ1) is 9.46. The lowest BCUT2D eigenvalue weighted by molar-refractivity contribution is -0.274. The molecule has 0 unspecified atom stereocenters. The van der Waals surface area contributed by atoms with E-state index in [1.54, 1.807) is 17.8 Å². The third-order valence-corrected chi connectivity index (χ3v) is 2.88. The van der Waals surface area contributed by atoms with E-state index < -0.39 is 6.36 Å². The minimum Gasteiger partial charge on any atom is -0.445 e. The topological polar surface area (TPSA) is 34.4 Å². The normalized spacial score (nSPS) is 11.4. The van der Waals surface area contributed by atoms with Gasteiger partial charge in [0.25, 0.3) is 0 Å². The molecule has 1 heterocycles. The molecule has 0 aliphatic heterocycles. The molecule has 0 bridgehead atoms. The summed E-state index contributed by atoms with van der Waals surface area (Å²) in [5.74, 6) is 1.88. The van der Waals surface area contributed by atoms with E-state index in [2.05, 4.69) is 10.1 Å². The van der Waals surface area contributed by atoms with Crippen LogP contribution in [0.2, 0.25) is 0 Å². The highest BCUT2D eigenvalue weighted by atomic mass is 32.2. The maximum atomic E-state index is 12.0. The summed E-state index contributed by atoms with van der Waals surface area (Å²) >= 11 is 1.64. The maximum absolute atomic E-state index is 12.0. The number of alkyl halides is 3. The van der Waals surface area contributed by atoms with Gasteiger partial charge in [-0.3, -0.25) is 0 Å². The Bertz CT molecular complexity index is 551. The summed E-state index contributed by atoms with van der Waals surface area (Å²) in [4.78, 5) is 0. The first-order valence-electron chi connectivity index (χ1n) is 5.67. The Kier molecular flexibility index (Phi) is 4.49. The Morgan fingerprint density at radius 2 is 1.85 bits per heavy atom. The fourth-order valence-corrected chi connectivity index (χ4v) is 1.99. The molecule has 1 aromatic carbocycles. The molecule has 0 atom stereocenters. The SMILES string of the molecule is CSCc1ccc(Nc2ccc(OC(F)(F)F)cc2)o1. The molecule has 1 N–H and O–H groups in total. The molecular weight excluding hydrogens is 291 g/mol. The number of benzene rings is 1. The summed E-state index contributed by atoms with van der Waals surface area (Å²) in [6.45, 7) is 0. The number of rotatable bonds is 5. The molecule has 0 saturated carbocycles. The smallest absolute Gasteiger partial charge is 0.445 e. The number of nitrogens with one attached hydrogen (secondary N) is 1. The zero-order chi connectivity index (χ0) is 14.6. The third kappa shape index (κ3) is 4.41. The summed E-state index contributed by atoms with van der Waals surface area (Å²) in [5, 5.41) is 2.96. The van der Waals surface area contributed by atoms with E-state index in [-0.39, 0.29) is 5.75 Å². The van der Waals surface area contributed by atoms with Crippen molar-refractivity contribution in [2.45, 2.75) is 12.1 Å². The van der Waals surface area contributed by atoms with Crippen LogP contribution in [0.25, 0.3) is 0 Å². The van der Waals surface area contributed by atoms with Crippen molar-refractivity contribution in [1.82, 2.24) is 0 Å². The van der Waals surface area contributed by atoms with Crippen LogP contribution in [0, 0.1) is 0 Å². The lowest BCUT2D eigenvalue weighted by Crippen LogP contribution is -2.16. The van der Waals surface area contributed by atoms with Crippen molar-refractivity contribution in [1.29, 1.82) is 0 Å². The Hall–Kier alpha value is -1.76. The average Bonchev–Trinajstić information content (AvgIpc) is 2.78. The molecule has 3 nitrogen and oxygen atoms in total. The largest absolute Gasteiger partial charge is 0.573 e. The summed E-state index contributed by atoms with van der Waals surface area (Å²) in [5.41, 5.74) is 0.615. The summed E-state index contributed by atoms with van der Waals surface area (Å²) in [6.07, 6.45) is -2.71. The standard InChI is InChI=1S/C13H12F3NO2S/c1-20-8-11-6-7-12(18-11)17-9-2-4-10(5-3-9)19-13(14,15)16/h2-7,17H,8H2,1H3. The Morgan fingerprint density at radius 1 is 1.15 bits per heavy atom. The van der Waals surface area contributed by atoms with Gasteiger partial charge in [-0.15, -0.1) is 13.2 Å². The second-order valence-corrected chi connectivity index (χ2v) is 4.76. The zero-order valence-corrected chi connectivity index (χ0v) is 11.3. The van der Waals surface area contributed by atoms with Crippen LogP contribution in [0.4, 0.5) is 24.7 Å².